The molecule has 0 saturated carbocycles. The number of nitrogens with one attached hydrogen (secondary N) is 1. The van der Waals surface area contributed by atoms with Gasteiger partial charge < -0.3 is 10.1 Å². The first-order valence-corrected chi connectivity index (χ1v) is 5.06. The minimum absolute atomic E-state index is 0.00292. The summed E-state index contributed by atoms with van der Waals surface area (Å²) >= 11 is 0. The zero-order chi connectivity index (χ0) is 10.7. The summed E-state index contributed by atoms with van der Waals surface area (Å²) in [5, 5.41) is 2.72. The number of carbonyl (C=O) groups excluding carboxylic acids is 1. The minimum atomic E-state index is 0.00292. The van der Waals surface area contributed by atoms with Crippen LogP contribution in [0.3, 0.4) is 0 Å². The highest BCUT2D eigenvalue weighted by atomic mass is 16.5. The molecular weight excluding hydrogens is 166 g/mol. The van der Waals surface area contributed by atoms with Crippen LogP contribution in [0.2, 0.25) is 0 Å². The Hall–Kier alpha value is -0.570. The first-order chi connectivity index (χ1) is 6.20. The molecule has 0 spiro atoms. The Morgan fingerprint density at radius 1 is 1.38 bits per heavy atom. The van der Waals surface area contributed by atoms with Crippen LogP contribution < -0.4 is 5.32 Å². The van der Waals surface area contributed by atoms with Crippen LogP contribution in [-0.4, -0.2) is 25.2 Å². The Morgan fingerprint density at radius 2 is 1.92 bits per heavy atom. The van der Waals surface area contributed by atoms with Crippen molar-refractivity contribution in [2.45, 2.75) is 47.1 Å². The van der Waals surface area contributed by atoms with Crippen molar-refractivity contribution in [2.75, 3.05) is 13.2 Å². The molecule has 1 atom stereocenters. The lowest BCUT2D eigenvalue weighted by atomic mass is 10.3. The number of amides is 1. The van der Waals surface area contributed by atoms with Gasteiger partial charge in [-0.3, -0.25) is 4.79 Å². The lowest BCUT2D eigenvalue weighted by Crippen LogP contribution is -2.31. The average molecular weight is 189 g/mol. The molecule has 13 heavy (non-hydrogen) atoms. The zero-order valence-electron chi connectivity index (χ0n) is 9.52. The highest BCUT2D eigenvalue weighted by Gasteiger charge is 2.04. The maximum absolute atomic E-state index is 10.5. The minimum Gasteiger partial charge on any atom is -0.377 e. The van der Waals surface area contributed by atoms with E-state index in [-0.39, 0.29) is 12.0 Å². The van der Waals surface area contributed by atoms with Gasteiger partial charge in [0.15, 0.2) is 0 Å². The van der Waals surface area contributed by atoms with Crippen LogP contribution in [0.4, 0.5) is 0 Å². The molecule has 0 heterocycles. The quantitative estimate of drug-likeness (QED) is 0.718. The summed E-state index contributed by atoms with van der Waals surface area (Å²) in [6.45, 7) is 10.8. The van der Waals surface area contributed by atoms with Crippen molar-refractivity contribution >= 4 is 5.91 Å². The van der Waals surface area contributed by atoms with E-state index >= 15 is 0 Å². The molecule has 1 unspecified atom stereocenters. The molecule has 0 aromatic rings. The molecule has 80 valence electrons. The van der Waals surface area contributed by atoms with E-state index in [2.05, 4.69) is 5.32 Å². The van der Waals surface area contributed by atoms with Gasteiger partial charge in [-0.2, -0.15) is 0 Å². The van der Waals surface area contributed by atoms with Gasteiger partial charge in [0, 0.05) is 20.1 Å². The van der Waals surface area contributed by atoms with Gasteiger partial charge in [-0.25, -0.2) is 0 Å². The Kier molecular flexibility index (Phi) is 13.1. The maximum atomic E-state index is 10.5. The van der Waals surface area contributed by atoms with E-state index in [9.17, 15) is 4.79 Å². The topological polar surface area (TPSA) is 38.3 Å². The van der Waals surface area contributed by atoms with Crippen LogP contribution in [0.5, 0.6) is 0 Å². The molecule has 3 nitrogen and oxygen atoms in total. The second-order valence-electron chi connectivity index (χ2n) is 2.42. The maximum Gasteiger partial charge on any atom is 0.216 e. The van der Waals surface area contributed by atoms with E-state index in [1.54, 1.807) is 0 Å². The first kappa shape index (κ1) is 14.9. The fraction of sp³-hybridized carbons (Fsp3) is 0.900. The number of hydrogen-bond acceptors (Lipinski definition) is 2. The van der Waals surface area contributed by atoms with Gasteiger partial charge in [-0.1, -0.05) is 20.8 Å². The van der Waals surface area contributed by atoms with Crippen LogP contribution in [-0.2, 0) is 9.53 Å². The van der Waals surface area contributed by atoms with Gasteiger partial charge in [0.05, 0.1) is 6.10 Å². The molecule has 0 radical (unpaired) electrons. The molecule has 1 N–H and O–H groups in total. The predicted octanol–water partition coefficient (Wildman–Crippen LogP) is 1.96. The van der Waals surface area contributed by atoms with Gasteiger partial charge in [-0.15, -0.1) is 0 Å². The van der Waals surface area contributed by atoms with E-state index in [1.165, 1.54) is 6.92 Å². The Morgan fingerprint density at radius 3 is 2.23 bits per heavy atom. The Balaban J connectivity index is 0. The van der Waals surface area contributed by atoms with Gasteiger partial charge in [0.1, 0.15) is 0 Å². The highest BCUT2D eigenvalue weighted by molar-refractivity contribution is 5.72. The van der Waals surface area contributed by atoms with Crippen LogP contribution >= 0.6 is 0 Å². The smallest absolute Gasteiger partial charge is 0.216 e. The summed E-state index contributed by atoms with van der Waals surface area (Å²) in [4.78, 5) is 10.5. The van der Waals surface area contributed by atoms with Crippen molar-refractivity contribution in [1.29, 1.82) is 0 Å². The molecule has 0 rings (SSSR count). The van der Waals surface area contributed by atoms with Gasteiger partial charge in [0.2, 0.25) is 5.91 Å². The fourth-order valence-corrected chi connectivity index (χ4v) is 0.814. The number of carbonyl (C=O) groups is 1. The van der Waals surface area contributed by atoms with Crippen LogP contribution in [0.1, 0.15) is 41.0 Å². The van der Waals surface area contributed by atoms with Gasteiger partial charge in [0.25, 0.3) is 0 Å². The monoisotopic (exact) mass is 189 g/mol. The number of ether oxygens (including phenoxy) is 1. The first-order valence-electron chi connectivity index (χ1n) is 5.06. The van der Waals surface area contributed by atoms with E-state index in [0.717, 1.165) is 6.42 Å². The summed E-state index contributed by atoms with van der Waals surface area (Å²) in [6.07, 6.45) is 1.11. The molecule has 0 aliphatic rings. The molecule has 0 fully saturated rings. The second-order valence-corrected chi connectivity index (χ2v) is 2.42. The molecule has 0 aliphatic heterocycles. The molecule has 0 aliphatic carbocycles. The Labute approximate surface area is 81.9 Å². The van der Waals surface area contributed by atoms with E-state index in [1.807, 2.05) is 27.7 Å². The fourth-order valence-electron chi connectivity index (χ4n) is 0.814. The van der Waals surface area contributed by atoms with Crippen molar-refractivity contribution in [1.82, 2.24) is 5.32 Å². The van der Waals surface area contributed by atoms with E-state index in [4.69, 9.17) is 4.74 Å². The van der Waals surface area contributed by atoms with Gasteiger partial charge in [-0.05, 0) is 13.3 Å². The van der Waals surface area contributed by atoms with E-state index in [0.29, 0.717) is 13.2 Å². The summed E-state index contributed by atoms with van der Waals surface area (Å²) < 4.78 is 5.33. The van der Waals surface area contributed by atoms with Crippen LogP contribution in [0.25, 0.3) is 0 Å². The number of rotatable bonds is 5. The normalized spacial score (nSPS) is 11.2. The van der Waals surface area contributed by atoms with E-state index < -0.39 is 0 Å². The highest BCUT2D eigenvalue weighted by Crippen LogP contribution is 1.95. The molecule has 0 saturated heterocycles. The summed E-state index contributed by atoms with van der Waals surface area (Å²) in [5.41, 5.74) is 0. The summed E-state index contributed by atoms with van der Waals surface area (Å²) in [5.74, 6) is 0.00292. The lowest BCUT2D eigenvalue weighted by molar-refractivity contribution is -0.119. The van der Waals surface area contributed by atoms with Crippen LogP contribution in [0.15, 0.2) is 0 Å². The molecular formula is C10H23NO2. The standard InChI is InChI=1S/C8H17NO2.C2H6/c1-4-8(11-5-2)6-9-7(3)10;1-2/h8H,4-6H2,1-3H3,(H,9,10);1-2H3. The molecule has 0 aromatic heterocycles. The molecule has 1 amide bonds. The third kappa shape index (κ3) is 11.4. The zero-order valence-corrected chi connectivity index (χ0v) is 9.52. The Bertz CT molecular complexity index is 115. The molecule has 0 bridgehead atoms. The summed E-state index contributed by atoms with van der Waals surface area (Å²) in [7, 11) is 0. The SMILES string of the molecule is CC.CCOC(CC)CNC(C)=O. The van der Waals surface area contributed by atoms with Crippen molar-refractivity contribution in [3.8, 4) is 0 Å². The van der Waals surface area contributed by atoms with Crippen molar-refractivity contribution < 1.29 is 9.53 Å². The third-order valence-electron chi connectivity index (χ3n) is 1.44. The lowest BCUT2D eigenvalue weighted by Gasteiger charge is -2.14. The van der Waals surface area contributed by atoms with Crippen LogP contribution in [0, 0.1) is 0 Å². The number of hydrogen-bond donors (Lipinski definition) is 1. The average Bonchev–Trinajstić information content (AvgIpc) is 2.15. The van der Waals surface area contributed by atoms with Crippen molar-refractivity contribution in [3.63, 3.8) is 0 Å². The predicted molar refractivity (Wildman–Crippen MR) is 55.7 cm³/mol. The summed E-state index contributed by atoms with van der Waals surface area (Å²) in [6, 6.07) is 0. The van der Waals surface area contributed by atoms with Gasteiger partial charge >= 0.3 is 0 Å². The molecule has 0 aromatic carbocycles. The largest absolute Gasteiger partial charge is 0.377 e. The van der Waals surface area contributed by atoms with Crippen molar-refractivity contribution in [3.05, 3.63) is 0 Å². The third-order valence-corrected chi connectivity index (χ3v) is 1.44. The second kappa shape index (κ2) is 11.4. The van der Waals surface area contributed by atoms with Crippen molar-refractivity contribution in [2.24, 2.45) is 0 Å². The molecule has 3 heteroatoms.